The molecule has 1 aliphatic heterocycles. The van der Waals surface area contributed by atoms with E-state index in [1.165, 1.54) is 31.4 Å². The van der Waals surface area contributed by atoms with Crippen LogP contribution in [0.2, 0.25) is 0 Å². The number of ether oxygens (including phenoxy) is 1. The van der Waals surface area contributed by atoms with Crippen molar-refractivity contribution in [2.75, 3.05) is 32.1 Å². The number of benzene rings is 2. The number of nitrogens with zero attached hydrogens (tertiary/aromatic N) is 2. The van der Waals surface area contributed by atoms with Crippen molar-refractivity contribution in [2.24, 2.45) is 4.99 Å². The van der Waals surface area contributed by atoms with Gasteiger partial charge in [-0.1, -0.05) is 12.1 Å². The Morgan fingerprint density at radius 3 is 2.57 bits per heavy atom. The highest BCUT2D eigenvalue weighted by atomic mass is 127. The number of hydrogen-bond acceptors (Lipinski definition) is 3. The van der Waals surface area contributed by atoms with Crippen molar-refractivity contribution in [1.82, 2.24) is 10.6 Å². The summed E-state index contributed by atoms with van der Waals surface area (Å²) in [6.07, 6.45) is 0.725. The molecule has 0 bridgehead atoms. The largest absolute Gasteiger partial charge is 0.380 e. The Labute approximate surface area is 191 Å². The van der Waals surface area contributed by atoms with Crippen molar-refractivity contribution >= 4 is 35.6 Å². The van der Waals surface area contributed by atoms with E-state index in [4.69, 9.17) is 4.74 Å². The van der Waals surface area contributed by atoms with E-state index in [0.717, 1.165) is 12.0 Å². The first-order valence-electron chi connectivity index (χ1n) is 9.44. The maximum absolute atomic E-state index is 14.0. The monoisotopic (exact) mass is 534 g/mol. The van der Waals surface area contributed by atoms with E-state index in [-0.39, 0.29) is 48.1 Å². The summed E-state index contributed by atoms with van der Waals surface area (Å²) in [4.78, 5) is 5.91. The molecule has 0 amide bonds. The molecular formula is C21H26F3IN4O. The Morgan fingerprint density at radius 1 is 1.17 bits per heavy atom. The topological polar surface area (TPSA) is 48.9 Å². The van der Waals surface area contributed by atoms with Crippen molar-refractivity contribution in [3.8, 4) is 0 Å². The summed E-state index contributed by atoms with van der Waals surface area (Å²) in [5.41, 5.74) is 1.40. The molecule has 3 rings (SSSR count). The van der Waals surface area contributed by atoms with E-state index in [1.807, 2.05) is 0 Å². The predicted molar refractivity (Wildman–Crippen MR) is 123 cm³/mol. The fourth-order valence-corrected chi connectivity index (χ4v) is 3.45. The van der Waals surface area contributed by atoms with Crippen LogP contribution < -0.4 is 15.5 Å². The highest BCUT2D eigenvalue weighted by Crippen LogP contribution is 2.26. The van der Waals surface area contributed by atoms with Gasteiger partial charge < -0.3 is 20.3 Å². The molecule has 0 radical (unpaired) electrons. The van der Waals surface area contributed by atoms with Crippen molar-refractivity contribution in [3.05, 3.63) is 65.0 Å². The van der Waals surface area contributed by atoms with E-state index in [0.29, 0.717) is 31.2 Å². The maximum Gasteiger partial charge on any atom is 0.191 e. The summed E-state index contributed by atoms with van der Waals surface area (Å²) in [6.45, 7) is 1.67. The molecule has 2 aromatic carbocycles. The van der Waals surface area contributed by atoms with Gasteiger partial charge in [0.2, 0.25) is 0 Å². The number of para-hydroxylation sites is 1. The van der Waals surface area contributed by atoms with Gasteiger partial charge in [0.25, 0.3) is 0 Å². The molecule has 164 valence electrons. The predicted octanol–water partition coefficient (Wildman–Crippen LogP) is 3.81. The first-order chi connectivity index (χ1) is 14.0. The standard InChI is InChI=1S/C21H25F3N4O.HI/c1-25-21(26-11-14-6-7-17(22)15(10-14)13-29-2)27-16-8-9-28(12-16)20-18(23)4-3-5-19(20)24;/h3-7,10,16H,8-9,11-13H2,1-2H3,(H2,25,26,27);1H. The third kappa shape index (κ3) is 6.00. The Bertz CT molecular complexity index is 861. The fraction of sp³-hybridized carbons (Fsp3) is 0.381. The van der Waals surface area contributed by atoms with Gasteiger partial charge in [0.15, 0.2) is 5.96 Å². The summed E-state index contributed by atoms with van der Waals surface area (Å²) < 4.78 is 46.8. The molecule has 2 N–H and O–H groups in total. The quantitative estimate of drug-likeness (QED) is 0.337. The first kappa shape index (κ1) is 24.3. The summed E-state index contributed by atoms with van der Waals surface area (Å²) >= 11 is 0. The lowest BCUT2D eigenvalue weighted by Gasteiger charge is -2.21. The van der Waals surface area contributed by atoms with Crippen LogP contribution in [0, 0.1) is 17.5 Å². The molecule has 0 spiro atoms. The molecule has 1 aliphatic rings. The second-order valence-corrected chi connectivity index (χ2v) is 6.93. The van der Waals surface area contributed by atoms with E-state index >= 15 is 0 Å². The molecule has 9 heteroatoms. The third-order valence-electron chi connectivity index (χ3n) is 4.88. The number of rotatable bonds is 6. The molecule has 5 nitrogen and oxygen atoms in total. The zero-order chi connectivity index (χ0) is 20.8. The minimum atomic E-state index is -0.559. The van der Waals surface area contributed by atoms with Crippen molar-refractivity contribution in [2.45, 2.75) is 25.6 Å². The van der Waals surface area contributed by atoms with E-state index in [2.05, 4.69) is 15.6 Å². The van der Waals surface area contributed by atoms with Crippen LogP contribution in [0.5, 0.6) is 0 Å². The average molecular weight is 534 g/mol. The molecule has 30 heavy (non-hydrogen) atoms. The van der Waals surface area contributed by atoms with Crippen LogP contribution in [-0.2, 0) is 17.9 Å². The van der Waals surface area contributed by atoms with Crippen LogP contribution in [0.25, 0.3) is 0 Å². The number of hydrogen-bond donors (Lipinski definition) is 2. The summed E-state index contributed by atoms with van der Waals surface area (Å²) in [5, 5.41) is 6.47. The van der Waals surface area contributed by atoms with Crippen molar-refractivity contribution < 1.29 is 17.9 Å². The molecule has 1 saturated heterocycles. The molecular weight excluding hydrogens is 508 g/mol. The molecule has 0 saturated carbocycles. The van der Waals surface area contributed by atoms with Gasteiger partial charge in [-0.2, -0.15) is 0 Å². The number of halogens is 4. The van der Waals surface area contributed by atoms with Gasteiger partial charge in [-0.25, -0.2) is 13.2 Å². The number of anilines is 1. The van der Waals surface area contributed by atoms with Gasteiger partial charge in [0.05, 0.1) is 6.61 Å². The van der Waals surface area contributed by atoms with Gasteiger partial charge in [-0.3, -0.25) is 4.99 Å². The Balaban J connectivity index is 0.00000320. The molecule has 1 fully saturated rings. The van der Waals surface area contributed by atoms with E-state index < -0.39 is 11.6 Å². The summed E-state index contributed by atoms with van der Waals surface area (Å²) in [6, 6.07) is 8.75. The Hall–Kier alpha value is -2.01. The Morgan fingerprint density at radius 2 is 1.90 bits per heavy atom. The minimum absolute atomic E-state index is 0. The maximum atomic E-state index is 14.0. The zero-order valence-electron chi connectivity index (χ0n) is 16.9. The normalized spacial score (nSPS) is 16.4. The van der Waals surface area contributed by atoms with Gasteiger partial charge >= 0.3 is 0 Å². The van der Waals surface area contributed by atoms with Crippen LogP contribution >= 0.6 is 24.0 Å². The lowest BCUT2D eigenvalue weighted by molar-refractivity contribution is 0.181. The van der Waals surface area contributed by atoms with Crippen LogP contribution in [0.4, 0.5) is 18.9 Å². The van der Waals surface area contributed by atoms with Crippen LogP contribution in [0.3, 0.4) is 0 Å². The van der Waals surface area contributed by atoms with Crippen molar-refractivity contribution in [1.29, 1.82) is 0 Å². The molecule has 0 aromatic heterocycles. The van der Waals surface area contributed by atoms with Crippen LogP contribution in [-0.4, -0.2) is 39.2 Å². The highest BCUT2D eigenvalue weighted by Gasteiger charge is 2.27. The Kier molecular flexibility index (Phi) is 9.22. The summed E-state index contributed by atoms with van der Waals surface area (Å²) in [5.74, 6) is -0.847. The van der Waals surface area contributed by atoms with Crippen molar-refractivity contribution in [3.63, 3.8) is 0 Å². The van der Waals surface area contributed by atoms with Crippen LogP contribution in [0.1, 0.15) is 17.5 Å². The minimum Gasteiger partial charge on any atom is -0.380 e. The summed E-state index contributed by atoms with van der Waals surface area (Å²) in [7, 11) is 3.17. The lowest BCUT2D eigenvalue weighted by Crippen LogP contribution is -2.44. The lowest BCUT2D eigenvalue weighted by atomic mass is 10.1. The molecule has 2 aromatic rings. The SMILES string of the molecule is CN=C(NCc1ccc(F)c(COC)c1)NC1CCN(c2c(F)cccc2F)C1.I. The molecule has 1 unspecified atom stereocenters. The number of nitrogens with one attached hydrogen (secondary N) is 2. The fourth-order valence-electron chi connectivity index (χ4n) is 3.45. The molecule has 1 heterocycles. The van der Waals surface area contributed by atoms with Gasteiger partial charge in [0.1, 0.15) is 23.1 Å². The second-order valence-electron chi connectivity index (χ2n) is 6.93. The van der Waals surface area contributed by atoms with E-state index in [9.17, 15) is 13.2 Å². The van der Waals surface area contributed by atoms with Gasteiger partial charge in [-0.15, -0.1) is 24.0 Å². The number of methoxy groups -OCH3 is 1. The molecule has 0 aliphatic carbocycles. The number of aliphatic imine (C=N–C) groups is 1. The van der Waals surface area contributed by atoms with Gasteiger partial charge in [0, 0.05) is 45.4 Å². The molecule has 1 atom stereocenters. The highest BCUT2D eigenvalue weighted by molar-refractivity contribution is 14.0. The third-order valence-corrected chi connectivity index (χ3v) is 4.88. The first-order valence-corrected chi connectivity index (χ1v) is 9.44. The smallest absolute Gasteiger partial charge is 0.191 e. The van der Waals surface area contributed by atoms with E-state index in [1.54, 1.807) is 24.1 Å². The van der Waals surface area contributed by atoms with Crippen LogP contribution in [0.15, 0.2) is 41.4 Å². The second kappa shape index (κ2) is 11.4. The van der Waals surface area contributed by atoms with Gasteiger partial charge in [-0.05, 0) is 36.2 Å². The zero-order valence-corrected chi connectivity index (χ0v) is 19.3. The number of guanidine groups is 1. The average Bonchev–Trinajstić information content (AvgIpc) is 3.15.